The molecule has 2 aliphatic heterocycles. The van der Waals surface area contributed by atoms with Gasteiger partial charge in [-0.1, -0.05) is 6.07 Å². The summed E-state index contributed by atoms with van der Waals surface area (Å²) in [5.74, 6) is 2.05. The molecule has 0 radical (unpaired) electrons. The Bertz CT molecular complexity index is 1190. The van der Waals surface area contributed by atoms with Gasteiger partial charge in [0.25, 0.3) is 0 Å². The Kier molecular flexibility index (Phi) is 5.11. The van der Waals surface area contributed by atoms with Gasteiger partial charge in [0.1, 0.15) is 17.2 Å². The highest BCUT2D eigenvalue weighted by molar-refractivity contribution is 7.92. The third kappa shape index (κ3) is 4.14. The number of hydrogen-bond donors (Lipinski definition) is 0. The third-order valence-corrected chi connectivity index (χ3v) is 10.1. The Morgan fingerprint density at radius 3 is 2.32 bits per heavy atom. The summed E-state index contributed by atoms with van der Waals surface area (Å²) in [5.41, 5.74) is -0.772. The largest absolute Gasteiger partial charge is 0.433 e. The molecule has 0 unspecified atom stereocenters. The van der Waals surface area contributed by atoms with E-state index >= 15 is 0 Å². The van der Waals surface area contributed by atoms with Gasteiger partial charge in [-0.15, -0.1) is 5.10 Å². The summed E-state index contributed by atoms with van der Waals surface area (Å²) in [6, 6.07) is 4.55. The topological polar surface area (TPSA) is 81.0 Å². The van der Waals surface area contributed by atoms with Gasteiger partial charge >= 0.3 is 6.18 Å². The molecule has 0 aromatic carbocycles. The molecule has 1 spiro atoms. The third-order valence-electron chi connectivity index (χ3n) is 8.02. The number of sulfone groups is 1. The van der Waals surface area contributed by atoms with Crippen molar-refractivity contribution in [3.63, 3.8) is 0 Å². The van der Waals surface area contributed by atoms with Crippen molar-refractivity contribution in [1.29, 1.82) is 0 Å². The highest BCUT2D eigenvalue weighted by atomic mass is 32.2. The van der Waals surface area contributed by atoms with E-state index < -0.39 is 21.7 Å². The molecule has 184 valence electrons. The summed E-state index contributed by atoms with van der Waals surface area (Å²) in [7, 11) is -2.81. The quantitative estimate of drug-likeness (QED) is 0.641. The Morgan fingerprint density at radius 1 is 0.971 bits per heavy atom. The molecule has 2 aliphatic carbocycles. The maximum atomic E-state index is 13.1. The molecule has 7 nitrogen and oxygen atoms in total. The first-order valence-electron chi connectivity index (χ1n) is 12.1. The molecule has 0 bridgehead atoms. The van der Waals surface area contributed by atoms with Gasteiger partial charge in [-0.3, -0.25) is 0 Å². The van der Waals surface area contributed by atoms with Gasteiger partial charge in [-0.25, -0.2) is 23.1 Å². The Morgan fingerprint density at radius 2 is 1.68 bits per heavy atom. The van der Waals surface area contributed by atoms with Gasteiger partial charge in [-0.05, 0) is 70.2 Å². The van der Waals surface area contributed by atoms with Crippen molar-refractivity contribution in [2.45, 2.75) is 69.1 Å². The summed E-state index contributed by atoms with van der Waals surface area (Å²) in [5, 5.41) is 4.60. The zero-order valence-corrected chi connectivity index (χ0v) is 19.7. The fourth-order valence-corrected chi connectivity index (χ4v) is 8.45. The lowest BCUT2D eigenvalue weighted by Gasteiger charge is -2.48. The van der Waals surface area contributed by atoms with Crippen LogP contribution in [0.4, 0.5) is 13.2 Å². The lowest BCUT2D eigenvalue weighted by Crippen LogP contribution is -2.55. The zero-order valence-electron chi connectivity index (χ0n) is 18.8. The van der Waals surface area contributed by atoms with E-state index in [1.165, 1.54) is 12.1 Å². The molecule has 2 aromatic rings. The minimum atomic E-state index is -4.51. The van der Waals surface area contributed by atoms with Crippen LogP contribution in [0.3, 0.4) is 0 Å². The number of piperidine rings is 1. The molecule has 34 heavy (non-hydrogen) atoms. The van der Waals surface area contributed by atoms with Crippen LogP contribution >= 0.6 is 0 Å². The van der Waals surface area contributed by atoms with E-state index in [1.807, 2.05) is 4.68 Å². The number of pyridine rings is 1. The van der Waals surface area contributed by atoms with Gasteiger partial charge in [0.05, 0.1) is 17.5 Å². The van der Waals surface area contributed by atoms with Gasteiger partial charge in [-0.2, -0.15) is 13.2 Å². The second-order valence-electron chi connectivity index (χ2n) is 10.6. The number of halogens is 3. The number of nitrogens with zero attached hydrogens (tertiary/aromatic N) is 5. The molecule has 0 N–H and O–H groups in total. The highest BCUT2D eigenvalue weighted by Crippen LogP contribution is 2.46. The molecular formula is C23H28F3N5O2S. The van der Waals surface area contributed by atoms with Crippen LogP contribution in [0.15, 0.2) is 18.2 Å². The SMILES string of the molecule is O=S1(=O)CC2(CCN([C@H]3CC[C@H](c4nc(-c5cccc(C(F)(F)F)n5)nn4C4CC4)C3)CC2)C1. The van der Waals surface area contributed by atoms with Gasteiger partial charge in [0.2, 0.25) is 0 Å². The van der Waals surface area contributed by atoms with Crippen LogP contribution in [0.25, 0.3) is 11.5 Å². The molecule has 6 rings (SSSR count). The summed E-state index contributed by atoms with van der Waals surface area (Å²) >= 11 is 0. The van der Waals surface area contributed by atoms with E-state index in [0.29, 0.717) is 17.5 Å². The summed E-state index contributed by atoms with van der Waals surface area (Å²) < 4.78 is 64.7. The van der Waals surface area contributed by atoms with Crippen molar-refractivity contribution in [2.24, 2.45) is 5.41 Å². The maximum absolute atomic E-state index is 13.1. The van der Waals surface area contributed by atoms with Gasteiger partial charge in [0.15, 0.2) is 15.7 Å². The first-order valence-corrected chi connectivity index (χ1v) is 13.9. The van der Waals surface area contributed by atoms with E-state index in [4.69, 9.17) is 4.98 Å². The highest BCUT2D eigenvalue weighted by Gasteiger charge is 2.50. The zero-order chi connectivity index (χ0) is 23.7. The van der Waals surface area contributed by atoms with Crippen LogP contribution in [-0.4, -0.2) is 63.7 Å². The molecule has 2 atom stereocenters. The first kappa shape index (κ1) is 22.5. The number of alkyl halides is 3. The lowest BCUT2D eigenvalue weighted by atomic mass is 9.80. The minimum absolute atomic E-state index is 0.00629. The van der Waals surface area contributed by atoms with Gasteiger partial charge < -0.3 is 4.90 Å². The molecule has 2 aromatic heterocycles. The fraction of sp³-hybridized carbons (Fsp3) is 0.696. The van der Waals surface area contributed by atoms with E-state index in [0.717, 1.165) is 69.9 Å². The summed E-state index contributed by atoms with van der Waals surface area (Å²) in [4.78, 5) is 11.0. The molecular weight excluding hydrogens is 467 g/mol. The number of aromatic nitrogens is 4. The smallest absolute Gasteiger partial charge is 0.300 e. The van der Waals surface area contributed by atoms with Crippen LogP contribution < -0.4 is 0 Å². The Labute approximate surface area is 196 Å². The summed E-state index contributed by atoms with van der Waals surface area (Å²) in [6.07, 6.45) is 2.37. The van der Waals surface area contributed by atoms with Crippen molar-refractivity contribution < 1.29 is 21.6 Å². The molecule has 4 aliphatic rings. The lowest BCUT2D eigenvalue weighted by molar-refractivity contribution is -0.141. The maximum Gasteiger partial charge on any atom is 0.433 e. The normalized spacial score (nSPS) is 28.8. The number of rotatable bonds is 4. The van der Waals surface area contributed by atoms with Crippen LogP contribution in [0.1, 0.15) is 68.4 Å². The van der Waals surface area contributed by atoms with Crippen LogP contribution in [-0.2, 0) is 16.0 Å². The predicted octanol–water partition coefficient (Wildman–Crippen LogP) is 3.84. The fourth-order valence-electron chi connectivity index (χ4n) is 6.09. The van der Waals surface area contributed by atoms with Crippen molar-refractivity contribution in [2.75, 3.05) is 24.6 Å². The Hall–Kier alpha value is -2.01. The first-order chi connectivity index (χ1) is 16.1. The van der Waals surface area contributed by atoms with Crippen molar-refractivity contribution in [3.05, 3.63) is 29.7 Å². The molecule has 0 amide bonds. The Balaban J connectivity index is 1.18. The monoisotopic (exact) mass is 495 g/mol. The van der Waals surface area contributed by atoms with E-state index in [1.54, 1.807) is 0 Å². The van der Waals surface area contributed by atoms with E-state index in [2.05, 4.69) is 15.0 Å². The van der Waals surface area contributed by atoms with Crippen LogP contribution in [0, 0.1) is 5.41 Å². The van der Waals surface area contributed by atoms with Crippen molar-refractivity contribution in [1.82, 2.24) is 24.6 Å². The number of likely N-dealkylation sites (tertiary alicyclic amines) is 1. The molecule has 2 saturated heterocycles. The predicted molar refractivity (Wildman–Crippen MR) is 119 cm³/mol. The standard InChI is InChI=1S/C23H28F3N5O2S/c24-23(25,26)19-3-1-2-18(27-19)20-28-21(31(29-20)16-6-7-16)15-4-5-17(12-15)30-10-8-22(9-11-30)13-34(32,33)14-22/h1-3,15-17H,4-14H2/t15-,17-/m0/s1. The average Bonchev–Trinajstić information content (AvgIpc) is 3.32. The van der Waals surface area contributed by atoms with Crippen molar-refractivity contribution >= 4 is 9.84 Å². The molecule has 4 fully saturated rings. The summed E-state index contributed by atoms with van der Waals surface area (Å²) in [6.45, 7) is 1.86. The average molecular weight is 496 g/mol. The second kappa shape index (κ2) is 7.74. The van der Waals surface area contributed by atoms with Crippen molar-refractivity contribution in [3.8, 4) is 11.5 Å². The molecule has 2 saturated carbocycles. The van der Waals surface area contributed by atoms with Gasteiger partial charge in [0, 0.05) is 17.4 Å². The molecule has 4 heterocycles. The van der Waals surface area contributed by atoms with E-state index in [9.17, 15) is 21.6 Å². The van der Waals surface area contributed by atoms with Crippen LogP contribution in [0.5, 0.6) is 0 Å². The van der Waals surface area contributed by atoms with Crippen LogP contribution in [0.2, 0.25) is 0 Å². The van der Waals surface area contributed by atoms with E-state index in [-0.39, 0.29) is 28.9 Å². The second-order valence-corrected chi connectivity index (χ2v) is 12.7. The number of hydrogen-bond acceptors (Lipinski definition) is 6. The molecule has 11 heteroatoms. The minimum Gasteiger partial charge on any atom is -0.300 e.